The van der Waals surface area contributed by atoms with Gasteiger partial charge < -0.3 is 16.0 Å². The zero-order chi connectivity index (χ0) is 22.6. The van der Waals surface area contributed by atoms with Gasteiger partial charge in [0.15, 0.2) is 0 Å². The Bertz CT molecular complexity index is 1130. The molecule has 1 aromatic carbocycles. The SMILES string of the molecule is CC[C@@]1(C#N)CC[C@]2(CNc3ncc(-c4ccc(N)c(C(=O)N(C)C)c4F)c(Cl)c32)C1. The molecule has 1 aliphatic heterocycles. The third-order valence-corrected chi connectivity index (χ3v) is 7.29. The molecule has 2 heterocycles. The molecule has 0 bridgehead atoms. The molecule has 1 saturated carbocycles. The van der Waals surface area contributed by atoms with Gasteiger partial charge in [-0.25, -0.2) is 9.37 Å². The van der Waals surface area contributed by atoms with E-state index in [4.69, 9.17) is 17.3 Å². The standard InChI is InChI=1S/C23H25ClFN5O/c1-4-22(11-26)7-8-23(10-22)12-29-20-17(23)18(24)14(9-28-20)13-5-6-15(27)16(19(13)25)21(31)30(2)3/h5-6,9H,4,7-8,10,12,27H2,1-3H3,(H,28,29)/t22-,23-/m1/s1. The van der Waals surface area contributed by atoms with E-state index in [2.05, 4.69) is 16.4 Å². The van der Waals surface area contributed by atoms with Crippen molar-refractivity contribution in [1.82, 2.24) is 9.88 Å². The highest BCUT2D eigenvalue weighted by molar-refractivity contribution is 6.34. The Morgan fingerprint density at radius 1 is 1.39 bits per heavy atom. The third kappa shape index (κ3) is 3.12. The van der Waals surface area contributed by atoms with Crippen molar-refractivity contribution in [1.29, 1.82) is 5.26 Å². The van der Waals surface area contributed by atoms with Crippen LogP contribution in [-0.2, 0) is 5.41 Å². The predicted octanol–water partition coefficient (Wildman–Crippen LogP) is 4.59. The highest BCUT2D eigenvalue weighted by atomic mass is 35.5. The van der Waals surface area contributed by atoms with E-state index in [9.17, 15) is 10.1 Å². The molecule has 1 amide bonds. The Morgan fingerprint density at radius 3 is 2.74 bits per heavy atom. The number of aromatic nitrogens is 1. The first-order valence-corrected chi connectivity index (χ1v) is 10.7. The first kappa shape index (κ1) is 21.4. The molecule has 1 aliphatic carbocycles. The van der Waals surface area contributed by atoms with E-state index >= 15 is 4.39 Å². The molecular formula is C23H25ClFN5O. The summed E-state index contributed by atoms with van der Waals surface area (Å²) in [4.78, 5) is 18.3. The van der Waals surface area contributed by atoms with Crippen LogP contribution in [-0.4, -0.2) is 36.4 Å². The molecule has 1 fully saturated rings. The summed E-state index contributed by atoms with van der Waals surface area (Å²) >= 11 is 6.89. The monoisotopic (exact) mass is 441 g/mol. The fourth-order valence-electron chi connectivity index (χ4n) is 5.02. The quantitative estimate of drug-likeness (QED) is 0.679. The van der Waals surface area contributed by atoms with Crippen LogP contribution in [0.1, 0.15) is 48.5 Å². The average molecular weight is 442 g/mol. The van der Waals surface area contributed by atoms with Crippen molar-refractivity contribution in [3.63, 3.8) is 0 Å². The second-order valence-electron chi connectivity index (χ2n) is 8.86. The second kappa shape index (κ2) is 7.38. The number of carbonyl (C=O) groups excluding carboxylic acids is 1. The minimum atomic E-state index is -0.714. The fourth-order valence-corrected chi connectivity index (χ4v) is 5.46. The number of halogens is 2. The van der Waals surface area contributed by atoms with Crippen molar-refractivity contribution in [2.24, 2.45) is 5.41 Å². The van der Waals surface area contributed by atoms with Gasteiger partial charge in [0.05, 0.1) is 22.1 Å². The number of fused-ring (bicyclic) bond motifs is 2. The fraction of sp³-hybridized carbons (Fsp3) is 0.435. The number of nitrogens with two attached hydrogens (primary N) is 1. The van der Waals surface area contributed by atoms with Gasteiger partial charge in [-0.05, 0) is 37.8 Å². The minimum absolute atomic E-state index is 0.0703. The first-order valence-electron chi connectivity index (χ1n) is 10.3. The van der Waals surface area contributed by atoms with Crippen LogP contribution < -0.4 is 11.1 Å². The molecule has 1 aromatic heterocycles. The van der Waals surface area contributed by atoms with Crippen LogP contribution in [0.4, 0.5) is 15.9 Å². The number of anilines is 2. The van der Waals surface area contributed by atoms with E-state index in [1.165, 1.54) is 23.2 Å². The number of benzene rings is 1. The third-order valence-electron chi connectivity index (χ3n) is 6.90. The Hall–Kier alpha value is -2.85. The van der Waals surface area contributed by atoms with Crippen LogP contribution in [0.2, 0.25) is 5.02 Å². The van der Waals surface area contributed by atoms with Crippen LogP contribution in [0, 0.1) is 22.6 Å². The number of nitrogens with one attached hydrogen (secondary N) is 1. The minimum Gasteiger partial charge on any atom is -0.398 e. The summed E-state index contributed by atoms with van der Waals surface area (Å²) in [7, 11) is 3.09. The lowest BCUT2D eigenvalue weighted by Crippen LogP contribution is -2.27. The van der Waals surface area contributed by atoms with Gasteiger partial charge in [-0.1, -0.05) is 18.5 Å². The Balaban J connectivity index is 1.86. The summed E-state index contributed by atoms with van der Waals surface area (Å²) in [6, 6.07) is 5.56. The lowest BCUT2D eigenvalue weighted by molar-refractivity contribution is 0.0824. The number of hydrogen-bond acceptors (Lipinski definition) is 5. The zero-order valence-electron chi connectivity index (χ0n) is 17.9. The molecule has 6 nitrogen and oxygen atoms in total. The Labute approximate surface area is 186 Å². The van der Waals surface area contributed by atoms with Gasteiger partial charge in [-0.3, -0.25) is 4.79 Å². The van der Waals surface area contributed by atoms with Crippen LogP contribution in [0.5, 0.6) is 0 Å². The molecule has 0 unspecified atom stereocenters. The number of pyridine rings is 1. The number of carbonyl (C=O) groups is 1. The Kier molecular flexibility index (Phi) is 5.09. The average Bonchev–Trinajstić information content (AvgIpc) is 3.31. The van der Waals surface area contributed by atoms with Crippen LogP contribution >= 0.6 is 11.6 Å². The zero-order valence-corrected chi connectivity index (χ0v) is 18.6. The molecule has 1 spiro atoms. The Morgan fingerprint density at radius 2 is 2.13 bits per heavy atom. The maximum atomic E-state index is 15.5. The van der Waals surface area contributed by atoms with Gasteiger partial charge in [0.2, 0.25) is 0 Å². The van der Waals surface area contributed by atoms with Crippen LogP contribution in [0.15, 0.2) is 18.3 Å². The van der Waals surface area contributed by atoms with Gasteiger partial charge in [-0.2, -0.15) is 5.26 Å². The molecule has 0 radical (unpaired) electrons. The lowest BCUT2D eigenvalue weighted by atomic mass is 9.75. The van der Waals surface area contributed by atoms with Gasteiger partial charge in [0.25, 0.3) is 5.91 Å². The molecule has 0 saturated heterocycles. The smallest absolute Gasteiger partial charge is 0.258 e. The predicted molar refractivity (Wildman–Crippen MR) is 119 cm³/mol. The highest BCUT2D eigenvalue weighted by Crippen LogP contribution is 2.58. The maximum absolute atomic E-state index is 15.5. The second-order valence-corrected chi connectivity index (χ2v) is 9.23. The van der Waals surface area contributed by atoms with E-state index in [1.54, 1.807) is 14.1 Å². The molecule has 3 N–H and O–H groups in total. The summed E-state index contributed by atoms with van der Waals surface area (Å²) in [6.07, 6.45) is 4.59. The van der Waals surface area contributed by atoms with Gasteiger partial charge in [-0.15, -0.1) is 0 Å². The normalized spacial score (nSPS) is 24.0. The number of rotatable bonds is 3. The summed E-state index contributed by atoms with van der Waals surface area (Å²) in [5.74, 6) is -0.550. The number of hydrogen-bond donors (Lipinski definition) is 2. The lowest BCUT2D eigenvalue weighted by Gasteiger charge is -2.27. The molecule has 2 atom stereocenters. The van der Waals surface area contributed by atoms with Crippen LogP contribution in [0.25, 0.3) is 11.1 Å². The summed E-state index contributed by atoms with van der Waals surface area (Å²) in [5, 5.41) is 13.5. The highest BCUT2D eigenvalue weighted by Gasteiger charge is 2.53. The number of nitrogens with zero attached hydrogens (tertiary/aromatic N) is 3. The summed E-state index contributed by atoms with van der Waals surface area (Å²) in [5.41, 5.74) is 6.55. The number of amides is 1. The van der Waals surface area contributed by atoms with E-state index in [0.717, 1.165) is 24.8 Å². The van der Waals surface area contributed by atoms with E-state index < -0.39 is 11.7 Å². The van der Waals surface area contributed by atoms with E-state index in [1.807, 2.05) is 6.92 Å². The van der Waals surface area contributed by atoms with Crippen molar-refractivity contribution in [3.8, 4) is 17.2 Å². The topological polar surface area (TPSA) is 95.0 Å². The van der Waals surface area contributed by atoms with E-state index in [0.29, 0.717) is 29.4 Å². The number of nitrogen functional groups attached to an aromatic ring is 1. The van der Waals surface area contributed by atoms with Crippen LogP contribution in [0.3, 0.4) is 0 Å². The molecule has 4 rings (SSSR count). The maximum Gasteiger partial charge on any atom is 0.258 e. The summed E-state index contributed by atoms with van der Waals surface area (Å²) in [6.45, 7) is 2.69. The van der Waals surface area contributed by atoms with Crippen molar-refractivity contribution in [2.75, 3.05) is 31.7 Å². The van der Waals surface area contributed by atoms with Gasteiger partial charge >= 0.3 is 0 Å². The molecule has 162 valence electrons. The first-order chi connectivity index (χ1) is 14.7. The van der Waals surface area contributed by atoms with Crippen molar-refractivity contribution >= 4 is 29.0 Å². The van der Waals surface area contributed by atoms with Gasteiger partial charge in [0.1, 0.15) is 11.6 Å². The van der Waals surface area contributed by atoms with Gasteiger partial charge in [0, 0.05) is 54.6 Å². The molecule has 31 heavy (non-hydrogen) atoms. The largest absolute Gasteiger partial charge is 0.398 e. The number of nitriles is 1. The van der Waals surface area contributed by atoms with Crippen molar-refractivity contribution in [3.05, 3.63) is 40.3 Å². The molecular weight excluding hydrogens is 417 g/mol. The van der Waals surface area contributed by atoms with Crippen molar-refractivity contribution < 1.29 is 9.18 Å². The molecule has 2 aromatic rings. The molecule has 8 heteroatoms. The van der Waals surface area contributed by atoms with Crippen molar-refractivity contribution in [2.45, 2.75) is 38.0 Å². The van der Waals surface area contributed by atoms with E-state index in [-0.39, 0.29) is 27.6 Å². The molecule has 2 aliphatic rings. The summed E-state index contributed by atoms with van der Waals surface area (Å²) < 4.78 is 15.5.